The Morgan fingerprint density at radius 3 is 2.43 bits per heavy atom. The quantitative estimate of drug-likeness (QED) is 0.731. The minimum absolute atomic E-state index is 0.0507. The minimum Gasteiger partial charge on any atom is -0.393 e. The number of rotatable bonds is 4. The van der Waals surface area contributed by atoms with Gasteiger partial charge in [0.2, 0.25) is 0 Å². The molecule has 1 N–H and O–H groups in total. The number of aliphatic hydroxyl groups is 1. The third-order valence-electron chi connectivity index (χ3n) is 4.16. The predicted octanol–water partition coefficient (Wildman–Crippen LogP) is 3.61. The van der Waals surface area contributed by atoms with Gasteiger partial charge in [0.1, 0.15) is 0 Å². The molecule has 4 atom stereocenters. The second-order valence-corrected chi connectivity index (χ2v) is 4.99. The summed E-state index contributed by atoms with van der Waals surface area (Å²) in [6.07, 6.45) is 7.60. The standard InChI is InChI=1S/C13H26O/c1-4-10(3)13(14)12-9-7-6-8-11(12)5-2/h10-14H,4-9H2,1-3H3. The van der Waals surface area contributed by atoms with Crippen molar-refractivity contribution in [3.8, 4) is 0 Å². The average Bonchev–Trinajstić information content (AvgIpc) is 2.26. The lowest BCUT2D eigenvalue weighted by Gasteiger charge is -2.36. The molecule has 1 aliphatic carbocycles. The maximum Gasteiger partial charge on any atom is 0.0596 e. The van der Waals surface area contributed by atoms with Crippen LogP contribution in [-0.2, 0) is 0 Å². The molecule has 1 heteroatoms. The van der Waals surface area contributed by atoms with E-state index in [9.17, 15) is 5.11 Å². The van der Waals surface area contributed by atoms with E-state index in [-0.39, 0.29) is 6.10 Å². The van der Waals surface area contributed by atoms with Gasteiger partial charge in [-0.25, -0.2) is 0 Å². The molecule has 1 aliphatic rings. The maximum atomic E-state index is 10.2. The van der Waals surface area contributed by atoms with Crippen LogP contribution in [-0.4, -0.2) is 11.2 Å². The Labute approximate surface area is 88.9 Å². The van der Waals surface area contributed by atoms with Crippen molar-refractivity contribution in [1.82, 2.24) is 0 Å². The lowest BCUT2D eigenvalue weighted by Crippen LogP contribution is -2.34. The van der Waals surface area contributed by atoms with Crippen LogP contribution in [0.15, 0.2) is 0 Å². The Kier molecular flexibility index (Phi) is 4.94. The molecular weight excluding hydrogens is 172 g/mol. The van der Waals surface area contributed by atoms with Crippen molar-refractivity contribution in [3.05, 3.63) is 0 Å². The lowest BCUT2D eigenvalue weighted by atomic mass is 9.72. The summed E-state index contributed by atoms with van der Waals surface area (Å²) in [6.45, 7) is 6.63. The van der Waals surface area contributed by atoms with Crippen molar-refractivity contribution in [1.29, 1.82) is 0 Å². The van der Waals surface area contributed by atoms with Gasteiger partial charge in [0.15, 0.2) is 0 Å². The maximum absolute atomic E-state index is 10.2. The fraction of sp³-hybridized carbons (Fsp3) is 1.00. The van der Waals surface area contributed by atoms with Gasteiger partial charge in [-0.2, -0.15) is 0 Å². The molecule has 0 heterocycles. The van der Waals surface area contributed by atoms with Gasteiger partial charge in [-0.1, -0.05) is 52.9 Å². The van der Waals surface area contributed by atoms with Crippen molar-refractivity contribution in [2.45, 2.75) is 65.4 Å². The van der Waals surface area contributed by atoms with Crippen molar-refractivity contribution in [2.24, 2.45) is 17.8 Å². The molecule has 4 unspecified atom stereocenters. The Balaban J connectivity index is 2.53. The van der Waals surface area contributed by atoms with E-state index in [0.717, 1.165) is 12.3 Å². The number of hydrogen-bond donors (Lipinski definition) is 1. The largest absolute Gasteiger partial charge is 0.393 e. The summed E-state index contributed by atoms with van der Waals surface area (Å²) < 4.78 is 0. The fourth-order valence-corrected chi connectivity index (χ4v) is 2.86. The highest BCUT2D eigenvalue weighted by Crippen LogP contribution is 2.36. The normalized spacial score (nSPS) is 32.6. The molecule has 1 nitrogen and oxygen atoms in total. The first kappa shape index (κ1) is 12.0. The molecule has 0 aromatic rings. The van der Waals surface area contributed by atoms with Crippen LogP contribution in [0.4, 0.5) is 0 Å². The van der Waals surface area contributed by atoms with Crippen LogP contribution in [0.3, 0.4) is 0 Å². The average molecular weight is 198 g/mol. The van der Waals surface area contributed by atoms with E-state index in [1.807, 2.05) is 0 Å². The zero-order valence-corrected chi connectivity index (χ0v) is 10.00. The van der Waals surface area contributed by atoms with Gasteiger partial charge in [0.25, 0.3) is 0 Å². The van der Waals surface area contributed by atoms with Crippen LogP contribution in [0.5, 0.6) is 0 Å². The van der Waals surface area contributed by atoms with Crippen molar-refractivity contribution < 1.29 is 5.11 Å². The molecule has 0 radical (unpaired) electrons. The van der Waals surface area contributed by atoms with Gasteiger partial charge < -0.3 is 5.11 Å². The van der Waals surface area contributed by atoms with Crippen LogP contribution in [0, 0.1) is 17.8 Å². The summed E-state index contributed by atoms with van der Waals surface area (Å²) in [5.41, 5.74) is 0. The first-order valence-electron chi connectivity index (χ1n) is 6.38. The Hall–Kier alpha value is -0.0400. The van der Waals surface area contributed by atoms with Crippen LogP contribution in [0.2, 0.25) is 0 Å². The summed E-state index contributed by atoms with van der Waals surface area (Å²) in [7, 11) is 0. The van der Waals surface area contributed by atoms with Crippen LogP contribution >= 0.6 is 0 Å². The first-order chi connectivity index (χ1) is 6.70. The van der Waals surface area contributed by atoms with Gasteiger partial charge in [0, 0.05) is 0 Å². The molecule has 1 rings (SSSR count). The van der Waals surface area contributed by atoms with Gasteiger partial charge in [0.05, 0.1) is 6.10 Å². The van der Waals surface area contributed by atoms with Gasteiger partial charge in [-0.3, -0.25) is 0 Å². The van der Waals surface area contributed by atoms with E-state index in [4.69, 9.17) is 0 Å². The monoisotopic (exact) mass is 198 g/mol. The molecule has 84 valence electrons. The van der Waals surface area contributed by atoms with E-state index in [0.29, 0.717) is 11.8 Å². The highest BCUT2D eigenvalue weighted by Gasteiger charge is 2.31. The van der Waals surface area contributed by atoms with Crippen molar-refractivity contribution in [3.63, 3.8) is 0 Å². The zero-order chi connectivity index (χ0) is 10.6. The van der Waals surface area contributed by atoms with E-state index in [2.05, 4.69) is 20.8 Å². The van der Waals surface area contributed by atoms with Crippen LogP contribution in [0.25, 0.3) is 0 Å². The Morgan fingerprint density at radius 2 is 1.86 bits per heavy atom. The molecule has 0 spiro atoms. The number of aliphatic hydroxyl groups excluding tert-OH is 1. The molecule has 1 saturated carbocycles. The molecular formula is C13H26O. The second kappa shape index (κ2) is 5.75. The van der Waals surface area contributed by atoms with Crippen molar-refractivity contribution in [2.75, 3.05) is 0 Å². The van der Waals surface area contributed by atoms with E-state index in [1.54, 1.807) is 0 Å². The van der Waals surface area contributed by atoms with Gasteiger partial charge in [-0.05, 0) is 24.2 Å². The molecule has 0 aromatic heterocycles. The van der Waals surface area contributed by atoms with Gasteiger partial charge in [-0.15, -0.1) is 0 Å². The SMILES string of the molecule is CCC(C)C(O)C1CCCCC1CC. The summed E-state index contributed by atoms with van der Waals surface area (Å²) in [5.74, 6) is 1.85. The van der Waals surface area contributed by atoms with E-state index in [1.165, 1.54) is 32.1 Å². The third kappa shape index (κ3) is 2.73. The summed E-state index contributed by atoms with van der Waals surface area (Å²) in [5, 5.41) is 10.2. The first-order valence-corrected chi connectivity index (χ1v) is 6.38. The molecule has 14 heavy (non-hydrogen) atoms. The zero-order valence-electron chi connectivity index (χ0n) is 10.00. The molecule has 0 saturated heterocycles. The summed E-state index contributed by atoms with van der Waals surface area (Å²) >= 11 is 0. The molecule has 0 aromatic carbocycles. The number of hydrogen-bond acceptors (Lipinski definition) is 1. The summed E-state index contributed by atoms with van der Waals surface area (Å²) in [6, 6.07) is 0. The van der Waals surface area contributed by atoms with Gasteiger partial charge >= 0.3 is 0 Å². The van der Waals surface area contributed by atoms with Crippen molar-refractivity contribution >= 4 is 0 Å². The minimum atomic E-state index is -0.0507. The Bertz CT molecular complexity index is 155. The van der Waals surface area contributed by atoms with E-state index >= 15 is 0 Å². The van der Waals surface area contributed by atoms with Crippen LogP contribution < -0.4 is 0 Å². The highest BCUT2D eigenvalue weighted by molar-refractivity contribution is 4.82. The molecule has 1 fully saturated rings. The Morgan fingerprint density at radius 1 is 1.21 bits per heavy atom. The third-order valence-corrected chi connectivity index (χ3v) is 4.16. The molecule has 0 aliphatic heterocycles. The predicted molar refractivity (Wildman–Crippen MR) is 61.2 cm³/mol. The highest BCUT2D eigenvalue weighted by atomic mass is 16.3. The second-order valence-electron chi connectivity index (χ2n) is 4.99. The molecule has 0 bridgehead atoms. The lowest BCUT2D eigenvalue weighted by molar-refractivity contribution is 0.00778. The summed E-state index contributed by atoms with van der Waals surface area (Å²) in [4.78, 5) is 0. The van der Waals surface area contributed by atoms with E-state index < -0.39 is 0 Å². The smallest absolute Gasteiger partial charge is 0.0596 e. The molecule has 0 amide bonds. The van der Waals surface area contributed by atoms with Crippen LogP contribution in [0.1, 0.15) is 59.3 Å². The fourth-order valence-electron chi connectivity index (χ4n) is 2.86. The topological polar surface area (TPSA) is 20.2 Å².